The smallest absolute Gasteiger partial charge is 0.466 e. The van der Waals surface area contributed by atoms with E-state index in [2.05, 4.69) is 24.0 Å². The molecule has 9 nitrogen and oxygen atoms in total. The van der Waals surface area contributed by atoms with Crippen LogP contribution in [-0.2, 0) is 4.57 Å². The zero-order valence-corrected chi connectivity index (χ0v) is 15.3. The van der Waals surface area contributed by atoms with E-state index >= 15 is 0 Å². The highest BCUT2D eigenvalue weighted by Crippen LogP contribution is 2.25. The number of nitrogens with zero attached hydrogens (tertiary/aromatic N) is 3. The van der Waals surface area contributed by atoms with Crippen LogP contribution in [-0.4, -0.2) is 75.7 Å². The quantitative estimate of drug-likeness (QED) is 0.440. The summed E-state index contributed by atoms with van der Waals surface area (Å²) in [5.41, 5.74) is 0.716. The van der Waals surface area contributed by atoms with Crippen LogP contribution < -0.4 is 4.74 Å². The van der Waals surface area contributed by atoms with Crippen molar-refractivity contribution < 1.29 is 29.1 Å². The number of phosphoric acid groups is 1. The molecule has 0 aromatic heterocycles. The molecule has 0 bridgehead atoms. The van der Waals surface area contributed by atoms with Crippen molar-refractivity contribution in [3.63, 3.8) is 0 Å². The molecule has 0 atom stereocenters. The second kappa shape index (κ2) is 10.4. The molecule has 1 fully saturated rings. The van der Waals surface area contributed by atoms with E-state index in [-0.39, 0.29) is 5.75 Å². The first kappa shape index (κ1) is 21.4. The molecule has 0 radical (unpaired) electrons. The highest BCUT2D eigenvalue weighted by molar-refractivity contribution is 7.45. The van der Waals surface area contributed by atoms with Crippen molar-refractivity contribution in [3.8, 4) is 11.5 Å². The molecule has 1 aliphatic rings. The van der Waals surface area contributed by atoms with Gasteiger partial charge in [0.25, 0.3) is 0 Å². The Morgan fingerprint density at radius 1 is 1.24 bits per heavy atom. The summed E-state index contributed by atoms with van der Waals surface area (Å²) in [6, 6.07) is 5.33. The Morgan fingerprint density at radius 3 is 2.36 bits per heavy atom. The molecule has 1 aliphatic heterocycles. The molecule has 10 heteroatoms. The first-order valence-corrected chi connectivity index (χ1v) is 9.47. The molecule has 0 saturated carbocycles. The summed E-state index contributed by atoms with van der Waals surface area (Å²) >= 11 is 0. The van der Waals surface area contributed by atoms with Crippen LogP contribution in [0.15, 0.2) is 23.3 Å². The summed E-state index contributed by atoms with van der Waals surface area (Å²) in [5, 5.41) is 16.4. The zero-order chi connectivity index (χ0) is 18.9. The fourth-order valence-corrected chi connectivity index (χ4v) is 2.00. The molecule has 0 spiro atoms. The van der Waals surface area contributed by atoms with Gasteiger partial charge in [-0.1, -0.05) is 6.92 Å². The number of hydrogen-bond acceptors (Lipinski definition) is 6. The highest BCUT2D eigenvalue weighted by Gasteiger charge is 2.11. The minimum atomic E-state index is -4.64. The van der Waals surface area contributed by atoms with Gasteiger partial charge >= 0.3 is 7.82 Å². The number of piperazine rings is 1. The van der Waals surface area contributed by atoms with Crippen molar-refractivity contribution in [2.75, 3.05) is 39.8 Å². The van der Waals surface area contributed by atoms with Gasteiger partial charge in [0.05, 0.1) is 12.8 Å². The molecule has 1 aromatic carbocycles. The second-order valence-electron chi connectivity index (χ2n) is 5.58. The normalized spacial score (nSPS) is 15.8. The summed E-state index contributed by atoms with van der Waals surface area (Å²) in [4.78, 5) is 23.8. The Labute approximate surface area is 147 Å². The summed E-state index contributed by atoms with van der Waals surface area (Å²) in [6.07, 6.45) is 2.66. The van der Waals surface area contributed by atoms with Gasteiger partial charge in [-0.05, 0) is 25.6 Å². The number of rotatable bonds is 5. The lowest BCUT2D eigenvalue weighted by Gasteiger charge is -2.30. The van der Waals surface area contributed by atoms with Crippen molar-refractivity contribution in [1.29, 1.82) is 0 Å². The second-order valence-corrected chi connectivity index (χ2v) is 6.61. The number of benzene rings is 1. The molecule has 25 heavy (non-hydrogen) atoms. The Bertz CT molecular complexity index is 591. The first-order valence-electron chi connectivity index (χ1n) is 7.90. The van der Waals surface area contributed by atoms with Crippen LogP contribution in [0, 0.1) is 0 Å². The van der Waals surface area contributed by atoms with Crippen LogP contribution in [0.2, 0.25) is 0 Å². The number of hydrogen-bond donors (Lipinski definition) is 4. The molecule has 4 N–H and O–H groups in total. The average Bonchev–Trinajstić information content (AvgIpc) is 2.52. The average molecular weight is 375 g/mol. The number of aromatic hydroxyl groups is 1. The Morgan fingerprint density at radius 2 is 1.84 bits per heavy atom. The molecular weight excluding hydrogens is 349 g/mol. The van der Waals surface area contributed by atoms with E-state index in [9.17, 15) is 5.11 Å². The van der Waals surface area contributed by atoms with Gasteiger partial charge in [0, 0.05) is 37.8 Å². The fourth-order valence-electron chi connectivity index (χ4n) is 2.00. The predicted molar refractivity (Wildman–Crippen MR) is 94.8 cm³/mol. The van der Waals surface area contributed by atoms with Gasteiger partial charge in [-0.25, -0.2) is 4.57 Å². The van der Waals surface area contributed by atoms with Crippen molar-refractivity contribution in [2.24, 2.45) is 5.10 Å². The van der Waals surface area contributed by atoms with Gasteiger partial charge < -0.3 is 29.4 Å². The van der Waals surface area contributed by atoms with Gasteiger partial charge in [0.15, 0.2) is 0 Å². The minimum Gasteiger partial charge on any atom is -0.507 e. The maximum Gasteiger partial charge on any atom is 0.466 e. The molecule has 1 saturated heterocycles. The predicted octanol–water partition coefficient (Wildman–Crippen LogP) is 0.834. The third-order valence-electron chi connectivity index (χ3n) is 3.31. The van der Waals surface area contributed by atoms with Crippen molar-refractivity contribution >= 4 is 14.0 Å². The summed E-state index contributed by atoms with van der Waals surface area (Å²) in [5.74, 6) is 0.901. The van der Waals surface area contributed by atoms with Gasteiger partial charge in [-0.3, -0.25) is 5.01 Å². The van der Waals surface area contributed by atoms with Crippen LogP contribution in [0.4, 0.5) is 0 Å². The van der Waals surface area contributed by atoms with E-state index in [1.165, 1.54) is 0 Å². The Balaban J connectivity index is 0.000000550. The molecule has 1 aromatic rings. The topological polar surface area (TPSA) is 126 Å². The third kappa shape index (κ3) is 10.1. The Kier molecular flexibility index (Phi) is 8.88. The summed E-state index contributed by atoms with van der Waals surface area (Å²) < 4.78 is 14.4. The lowest BCUT2D eigenvalue weighted by Crippen LogP contribution is -2.41. The van der Waals surface area contributed by atoms with Gasteiger partial charge in [0.1, 0.15) is 11.5 Å². The summed E-state index contributed by atoms with van der Waals surface area (Å²) in [7, 11) is -2.53. The maximum absolute atomic E-state index is 9.96. The fraction of sp³-hybridized carbons (Fsp3) is 0.533. The van der Waals surface area contributed by atoms with Gasteiger partial charge in [-0.2, -0.15) is 5.10 Å². The SMILES string of the molecule is CCCOc1ccc(/C=N/N2CCN(C)CC2)c(O)c1.O=P(O)(O)O. The Hall–Kier alpha value is -1.64. The highest BCUT2D eigenvalue weighted by atomic mass is 31.2. The van der Waals surface area contributed by atoms with E-state index in [1.54, 1.807) is 12.3 Å². The number of likely N-dealkylation sites (N-methyl/N-ethyl adjacent to an activating group) is 1. The third-order valence-corrected chi connectivity index (χ3v) is 3.31. The molecule has 0 unspecified atom stereocenters. The number of phenols is 1. The number of hydrazone groups is 1. The van der Waals surface area contributed by atoms with E-state index in [0.29, 0.717) is 17.9 Å². The summed E-state index contributed by atoms with van der Waals surface area (Å²) in [6.45, 7) is 6.60. The molecule has 142 valence electrons. The van der Waals surface area contributed by atoms with Crippen LogP contribution in [0.3, 0.4) is 0 Å². The van der Waals surface area contributed by atoms with E-state index < -0.39 is 7.82 Å². The molecule has 0 amide bonds. The lowest BCUT2D eigenvalue weighted by molar-refractivity contribution is 0.159. The molecule has 0 aliphatic carbocycles. The number of phenolic OH excluding ortho intramolecular Hbond substituents is 1. The van der Waals surface area contributed by atoms with Crippen molar-refractivity contribution in [3.05, 3.63) is 23.8 Å². The maximum atomic E-state index is 9.96. The molecular formula is C15H26N3O6P. The monoisotopic (exact) mass is 375 g/mol. The first-order chi connectivity index (χ1) is 11.7. The van der Waals surface area contributed by atoms with Crippen LogP contribution in [0.25, 0.3) is 0 Å². The minimum absolute atomic E-state index is 0.205. The number of ether oxygens (including phenoxy) is 1. The molecule has 1 heterocycles. The van der Waals surface area contributed by atoms with Crippen molar-refractivity contribution in [2.45, 2.75) is 13.3 Å². The van der Waals surface area contributed by atoms with Gasteiger partial charge in [-0.15, -0.1) is 0 Å². The van der Waals surface area contributed by atoms with Crippen LogP contribution in [0.5, 0.6) is 11.5 Å². The van der Waals surface area contributed by atoms with E-state index in [4.69, 9.17) is 24.0 Å². The van der Waals surface area contributed by atoms with Crippen LogP contribution in [0.1, 0.15) is 18.9 Å². The van der Waals surface area contributed by atoms with Crippen LogP contribution >= 0.6 is 7.82 Å². The van der Waals surface area contributed by atoms with E-state index in [1.807, 2.05) is 17.1 Å². The molecule has 2 rings (SSSR count). The lowest BCUT2D eigenvalue weighted by atomic mass is 10.2. The van der Waals surface area contributed by atoms with E-state index in [0.717, 1.165) is 32.6 Å². The largest absolute Gasteiger partial charge is 0.507 e. The zero-order valence-electron chi connectivity index (χ0n) is 14.4. The standard InChI is InChI=1S/C15H23N3O2.H3O4P/c1-3-10-20-14-5-4-13(15(19)11-14)12-16-18-8-6-17(2)7-9-18;1-5(2,3)4/h4-5,11-12,19H,3,6-10H2,1-2H3;(H3,1,2,3,4)/b16-12+;. The van der Waals surface area contributed by atoms with Gasteiger partial charge in [0.2, 0.25) is 0 Å². The van der Waals surface area contributed by atoms with Crippen molar-refractivity contribution in [1.82, 2.24) is 9.91 Å².